The van der Waals surface area contributed by atoms with Crippen molar-refractivity contribution in [2.45, 2.75) is 43.2 Å². The number of hydrogen-bond donors (Lipinski definition) is 0. The molecule has 4 atom stereocenters. The van der Waals surface area contributed by atoms with E-state index in [1.54, 1.807) is 0 Å². The van der Waals surface area contributed by atoms with Gasteiger partial charge in [0.2, 0.25) is 0 Å². The molecule has 4 aliphatic rings. The molecule has 4 aromatic rings. The lowest BCUT2D eigenvalue weighted by atomic mass is 9.68. The molecule has 3 aliphatic heterocycles. The molecule has 0 aromatic heterocycles. The number of hydrogen-bond acceptors (Lipinski definition) is 5. The number of carbonyl (C=O) groups is 2. The van der Waals surface area contributed by atoms with Crippen molar-refractivity contribution >= 4 is 22.3 Å². The molecule has 1 aliphatic carbocycles. The second-order valence-corrected chi connectivity index (χ2v) is 11.5. The van der Waals surface area contributed by atoms with Gasteiger partial charge in [-0.1, -0.05) is 66.7 Å². The van der Waals surface area contributed by atoms with E-state index in [9.17, 15) is 4.79 Å². The van der Waals surface area contributed by atoms with Gasteiger partial charge in [-0.2, -0.15) is 0 Å². The van der Waals surface area contributed by atoms with Crippen molar-refractivity contribution in [1.82, 2.24) is 4.90 Å². The predicted octanol–water partition coefficient (Wildman–Crippen LogP) is 6.54. The van der Waals surface area contributed by atoms with Crippen LogP contribution in [-0.4, -0.2) is 42.3 Å². The van der Waals surface area contributed by atoms with Gasteiger partial charge in [-0.05, 0) is 72.3 Å². The minimum atomic E-state index is -1.08. The summed E-state index contributed by atoms with van der Waals surface area (Å²) in [4.78, 5) is 32.5. The first-order valence-electron chi connectivity index (χ1n) is 14.5. The molecular weight excluding hydrogens is 498 g/mol. The quantitative estimate of drug-likeness (QED) is 0.259. The normalized spacial score (nSPS) is 27.6. The summed E-state index contributed by atoms with van der Waals surface area (Å²) < 4.78 is 12.6. The summed E-state index contributed by atoms with van der Waals surface area (Å²) in [6, 6.07) is 28.0. The van der Waals surface area contributed by atoms with Gasteiger partial charge in [-0.15, -0.1) is 0 Å². The van der Waals surface area contributed by atoms with E-state index in [4.69, 9.17) is 9.47 Å². The zero-order chi connectivity index (χ0) is 26.8. The molecule has 0 radical (unpaired) electrons. The van der Waals surface area contributed by atoms with Crippen LogP contribution in [0.25, 0.3) is 10.8 Å². The predicted molar refractivity (Wildman–Crippen MR) is 153 cm³/mol. The van der Waals surface area contributed by atoms with E-state index in [2.05, 4.69) is 29.2 Å². The van der Waals surface area contributed by atoms with Crippen molar-refractivity contribution < 1.29 is 19.1 Å². The number of Topliss-reactive ketones (excluding diaryl/α,β-unsaturated/α-hetero) is 2. The summed E-state index contributed by atoms with van der Waals surface area (Å²) in [5.41, 5.74) is 2.21. The van der Waals surface area contributed by atoms with Crippen LogP contribution in [0.5, 0.6) is 11.5 Å². The third kappa shape index (κ3) is 3.13. The smallest absolute Gasteiger partial charge is 0.189 e. The lowest BCUT2D eigenvalue weighted by molar-refractivity contribution is 0.0518. The van der Waals surface area contributed by atoms with Gasteiger partial charge >= 0.3 is 0 Å². The first-order chi connectivity index (χ1) is 19.7. The van der Waals surface area contributed by atoms with E-state index in [1.165, 1.54) is 0 Å². The largest absolute Gasteiger partial charge is 0.493 e. The van der Waals surface area contributed by atoms with Gasteiger partial charge in [0.15, 0.2) is 11.6 Å². The first kappa shape index (κ1) is 23.9. The van der Waals surface area contributed by atoms with Gasteiger partial charge in [-0.25, -0.2) is 0 Å². The summed E-state index contributed by atoms with van der Waals surface area (Å²) in [7, 11) is 0. The van der Waals surface area contributed by atoms with E-state index < -0.39 is 11.5 Å². The van der Waals surface area contributed by atoms with Gasteiger partial charge in [0.1, 0.15) is 17.0 Å². The number of para-hydroxylation sites is 2. The monoisotopic (exact) mass is 529 g/mol. The van der Waals surface area contributed by atoms with Crippen LogP contribution in [0.2, 0.25) is 0 Å². The molecule has 5 heteroatoms. The molecule has 2 saturated heterocycles. The second kappa shape index (κ2) is 9.03. The highest BCUT2D eigenvalue weighted by atomic mass is 16.5. The molecule has 200 valence electrons. The number of fused-ring (bicyclic) bond motifs is 9. The van der Waals surface area contributed by atoms with Crippen molar-refractivity contribution in [3.05, 3.63) is 107 Å². The van der Waals surface area contributed by atoms with Gasteiger partial charge in [-0.3, -0.25) is 14.5 Å². The van der Waals surface area contributed by atoms with Crippen LogP contribution < -0.4 is 9.47 Å². The standard InChI is InChI=1S/C35H31NO4/c37-33-24-13-2-4-18-29(24)40-21-6-5-20-39-28-17-3-1-12-23(28)31-27-16-9-19-36(27)35(32(31)33)26-15-8-11-22-10-7-14-25(30(22)26)34(35)38/h1-4,7-8,10-15,17-18,27,31-32H,5-6,9,16,19-21H2/t27?,31-,32-,35+/m1/s1. The van der Waals surface area contributed by atoms with Crippen LogP contribution >= 0.6 is 0 Å². The Morgan fingerprint density at radius 3 is 2.27 bits per heavy atom. The van der Waals surface area contributed by atoms with Crippen LogP contribution in [-0.2, 0) is 5.54 Å². The number of ketones is 2. The zero-order valence-corrected chi connectivity index (χ0v) is 22.3. The number of carbonyl (C=O) groups excluding carboxylic acids is 2. The Kier molecular flexibility index (Phi) is 5.39. The zero-order valence-electron chi connectivity index (χ0n) is 22.3. The lowest BCUT2D eigenvalue weighted by Crippen LogP contribution is -2.51. The van der Waals surface area contributed by atoms with Crippen LogP contribution in [0.4, 0.5) is 0 Å². The highest BCUT2D eigenvalue weighted by molar-refractivity contribution is 6.23. The van der Waals surface area contributed by atoms with Gasteiger partial charge < -0.3 is 9.47 Å². The van der Waals surface area contributed by atoms with Gasteiger partial charge in [0.05, 0.1) is 24.7 Å². The Balaban J connectivity index is 1.44. The van der Waals surface area contributed by atoms with E-state index >= 15 is 4.79 Å². The van der Waals surface area contributed by atoms with Crippen molar-refractivity contribution in [2.24, 2.45) is 5.92 Å². The number of nitrogens with zero attached hydrogens (tertiary/aromatic N) is 1. The maximum Gasteiger partial charge on any atom is 0.189 e. The van der Waals surface area contributed by atoms with Crippen LogP contribution in [0.3, 0.4) is 0 Å². The molecule has 1 unspecified atom stereocenters. The van der Waals surface area contributed by atoms with Crippen molar-refractivity contribution in [3.8, 4) is 11.5 Å². The molecule has 0 bridgehead atoms. The number of rotatable bonds is 0. The Morgan fingerprint density at radius 2 is 1.43 bits per heavy atom. The third-order valence-electron chi connectivity index (χ3n) is 9.65. The van der Waals surface area contributed by atoms with Crippen molar-refractivity contribution in [1.29, 1.82) is 0 Å². The average molecular weight is 530 g/mol. The Morgan fingerprint density at radius 1 is 0.725 bits per heavy atom. The van der Waals surface area contributed by atoms with E-state index in [1.807, 2.05) is 60.7 Å². The fourth-order valence-electron chi connectivity index (χ4n) is 8.19. The molecule has 0 amide bonds. The fraction of sp³-hybridized carbons (Fsp3) is 0.314. The summed E-state index contributed by atoms with van der Waals surface area (Å²) in [5, 5.41) is 2.04. The Labute approximate surface area is 233 Å². The highest BCUT2D eigenvalue weighted by Crippen LogP contribution is 2.63. The topological polar surface area (TPSA) is 55.8 Å². The fourth-order valence-corrected chi connectivity index (χ4v) is 8.19. The molecule has 4 aromatic carbocycles. The first-order valence-corrected chi connectivity index (χ1v) is 14.5. The molecule has 1 spiro atoms. The second-order valence-electron chi connectivity index (χ2n) is 11.5. The average Bonchev–Trinajstić information content (AvgIpc) is 3.64. The maximum atomic E-state index is 15.1. The van der Waals surface area contributed by atoms with E-state index in [0.29, 0.717) is 24.5 Å². The van der Waals surface area contributed by atoms with Crippen LogP contribution in [0.15, 0.2) is 84.9 Å². The molecule has 8 rings (SSSR count). The SMILES string of the molecule is O=C1c2ccccc2OCCCCOc2ccccc2[C@@H]2C3CCCN3[C@]3(C(=O)c4cccc5cccc3c45)[C@@H]12. The van der Waals surface area contributed by atoms with Crippen LogP contribution in [0.1, 0.15) is 63.4 Å². The summed E-state index contributed by atoms with van der Waals surface area (Å²) >= 11 is 0. The summed E-state index contributed by atoms with van der Waals surface area (Å²) in [6.45, 7) is 1.87. The minimum Gasteiger partial charge on any atom is -0.493 e. The van der Waals surface area contributed by atoms with E-state index in [0.717, 1.165) is 65.4 Å². The van der Waals surface area contributed by atoms with Gasteiger partial charge in [0.25, 0.3) is 0 Å². The number of ether oxygens (including phenoxy) is 2. The number of benzene rings is 4. The van der Waals surface area contributed by atoms with Crippen LogP contribution in [0, 0.1) is 5.92 Å². The van der Waals surface area contributed by atoms with Crippen molar-refractivity contribution in [3.63, 3.8) is 0 Å². The molecule has 40 heavy (non-hydrogen) atoms. The molecular formula is C35H31NO4. The lowest BCUT2D eigenvalue weighted by Gasteiger charge is -2.38. The molecule has 5 nitrogen and oxygen atoms in total. The highest BCUT2D eigenvalue weighted by Gasteiger charge is 2.69. The molecule has 0 N–H and O–H groups in total. The third-order valence-corrected chi connectivity index (χ3v) is 9.65. The molecule has 3 heterocycles. The molecule has 0 saturated carbocycles. The Hall–Kier alpha value is -3.96. The minimum absolute atomic E-state index is 0.0257. The summed E-state index contributed by atoms with van der Waals surface area (Å²) in [6.07, 6.45) is 3.61. The Bertz CT molecular complexity index is 1670. The van der Waals surface area contributed by atoms with Gasteiger partial charge in [0, 0.05) is 17.5 Å². The van der Waals surface area contributed by atoms with Crippen molar-refractivity contribution in [2.75, 3.05) is 19.8 Å². The summed E-state index contributed by atoms with van der Waals surface area (Å²) in [5.74, 6) is 0.620. The van der Waals surface area contributed by atoms with E-state index in [-0.39, 0.29) is 23.5 Å². The maximum absolute atomic E-state index is 15.1. The molecule has 2 fully saturated rings.